The van der Waals surface area contributed by atoms with Gasteiger partial charge in [0, 0.05) is 16.9 Å². The van der Waals surface area contributed by atoms with Crippen molar-refractivity contribution in [2.24, 2.45) is 5.92 Å². The number of methoxy groups -OCH3 is 2. The molecule has 0 saturated carbocycles. The molecule has 0 bridgehead atoms. The molecule has 0 fully saturated rings. The van der Waals surface area contributed by atoms with Crippen LogP contribution in [0.1, 0.15) is 34.6 Å². The summed E-state index contributed by atoms with van der Waals surface area (Å²) in [7, 11) is 2.32. The van der Waals surface area contributed by atoms with Crippen molar-refractivity contribution in [1.29, 1.82) is 0 Å². The van der Waals surface area contributed by atoms with Crippen LogP contribution in [0, 0.1) is 5.92 Å². The number of amides is 1. The molecule has 0 unspecified atom stereocenters. The number of nitrogens with one attached hydrogen (secondary N) is 2. The molecule has 1 amide bonds. The molecule has 27 heavy (non-hydrogen) atoms. The molecule has 0 saturated heterocycles. The summed E-state index contributed by atoms with van der Waals surface area (Å²) in [5.74, 6) is -4.40. The quantitative estimate of drug-likeness (QED) is 0.523. The Hall–Kier alpha value is -2.84. The normalized spacial score (nSPS) is 15.1. The third-order valence-corrected chi connectivity index (χ3v) is 3.67. The Kier molecular flexibility index (Phi) is 7.15. The van der Waals surface area contributed by atoms with Gasteiger partial charge >= 0.3 is 17.9 Å². The predicted molar refractivity (Wildman–Crippen MR) is 94.9 cm³/mol. The van der Waals surface area contributed by atoms with Crippen molar-refractivity contribution in [3.8, 4) is 0 Å². The first-order valence-corrected chi connectivity index (χ1v) is 8.25. The van der Waals surface area contributed by atoms with Crippen molar-refractivity contribution >= 4 is 23.8 Å². The summed E-state index contributed by atoms with van der Waals surface area (Å²) in [6.45, 7) is 7.92. The van der Waals surface area contributed by atoms with Gasteiger partial charge in [0.2, 0.25) is 0 Å². The van der Waals surface area contributed by atoms with E-state index in [1.54, 1.807) is 34.6 Å². The molecule has 0 atom stereocenters. The van der Waals surface area contributed by atoms with Crippen molar-refractivity contribution in [3.05, 3.63) is 22.5 Å². The van der Waals surface area contributed by atoms with E-state index >= 15 is 0 Å². The number of carbonyl (C=O) groups is 4. The predicted octanol–water partition coefficient (Wildman–Crippen LogP) is 0.558. The number of rotatable bonds is 5. The maximum atomic E-state index is 12.7. The summed E-state index contributed by atoms with van der Waals surface area (Å²) in [5, 5.41) is 5.51. The second-order valence-corrected chi connectivity index (χ2v) is 7.02. The minimum absolute atomic E-state index is 0.0790. The molecule has 0 radical (unpaired) electrons. The standard InChI is InChI=1S/C18H26N2O7/c1-9-12(15(22)25-6)14(13(10(2)19-9)16(23)26-7)17(24)27-8-11(21)20-18(3,4)5/h14,19H,8H2,1-7H3,(H,20,21). The number of dihydropyridines is 1. The Labute approximate surface area is 158 Å². The van der Waals surface area contributed by atoms with Crippen LogP contribution in [-0.2, 0) is 33.4 Å². The highest BCUT2D eigenvalue weighted by Crippen LogP contribution is 2.32. The molecule has 1 rings (SSSR count). The van der Waals surface area contributed by atoms with E-state index in [-0.39, 0.29) is 11.1 Å². The highest BCUT2D eigenvalue weighted by Gasteiger charge is 2.42. The van der Waals surface area contributed by atoms with Crippen LogP contribution in [0.25, 0.3) is 0 Å². The molecular formula is C18H26N2O7. The van der Waals surface area contributed by atoms with Crippen LogP contribution in [0.3, 0.4) is 0 Å². The van der Waals surface area contributed by atoms with Crippen LogP contribution in [0.5, 0.6) is 0 Å². The van der Waals surface area contributed by atoms with Gasteiger partial charge in [-0.05, 0) is 34.6 Å². The first kappa shape index (κ1) is 22.2. The fraction of sp³-hybridized carbons (Fsp3) is 0.556. The molecule has 2 N–H and O–H groups in total. The molecular weight excluding hydrogens is 356 g/mol. The molecule has 1 aliphatic heterocycles. The van der Waals surface area contributed by atoms with Crippen LogP contribution in [-0.4, -0.2) is 50.2 Å². The van der Waals surface area contributed by atoms with Crippen molar-refractivity contribution in [2.45, 2.75) is 40.2 Å². The monoisotopic (exact) mass is 382 g/mol. The molecule has 0 aliphatic carbocycles. The smallest absolute Gasteiger partial charge is 0.336 e. The summed E-state index contributed by atoms with van der Waals surface area (Å²) in [4.78, 5) is 49.0. The Morgan fingerprint density at radius 3 is 1.78 bits per heavy atom. The van der Waals surface area contributed by atoms with Gasteiger partial charge in [-0.2, -0.15) is 0 Å². The van der Waals surface area contributed by atoms with Gasteiger partial charge in [0.05, 0.1) is 25.4 Å². The fourth-order valence-corrected chi connectivity index (χ4v) is 2.67. The lowest BCUT2D eigenvalue weighted by Crippen LogP contribution is -2.44. The number of hydrogen-bond donors (Lipinski definition) is 2. The van der Waals surface area contributed by atoms with Gasteiger partial charge in [-0.1, -0.05) is 0 Å². The number of ether oxygens (including phenoxy) is 3. The lowest BCUT2D eigenvalue weighted by molar-refractivity contribution is -0.153. The van der Waals surface area contributed by atoms with Gasteiger partial charge in [-0.15, -0.1) is 0 Å². The van der Waals surface area contributed by atoms with Crippen LogP contribution in [0.4, 0.5) is 0 Å². The van der Waals surface area contributed by atoms with E-state index in [4.69, 9.17) is 14.2 Å². The first-order valence-electron chi connectivity index (χ1n) is 8.25. The Morgan fingerprint density at radius 2 is 1.41 bits per heavy atom. The maximum Gasteiger partial charge on any atom is 0.336 e. The zero-order valence-electron chi connectivity index (χ0n) is 16.6. The van der Waals surface area contributed by atoms with Gasteiger partial charge in [0.25, 0.3) is 5.91 Å². The maximum absolute atomic E-state index is 12.7. The fourth-order valence-electron chi connectivity index (χ4n) is 2.67. The van der Waals surface area contributed by atoms with E-state index in [0.29, 0.717) is 11.4 Å². The zero-order chi connectivity index (χ0) is 20.9. The van der Waals surface area contributed by atoms with E-state index in [0.717, 1.165) is 14.2 Å². The lowest BCUT2D eigenvalue weighted by atomic mass is 9.85. The Balaban J connectivity index is 3.18. The SMILES string of the molecule is COC(=O)C1=C(C)NC(C)=C(C(=O)OC)C1C(=O)OCC(=O)NC(C)(C)C. The molecule has 1 aliphatic rings. The van der Waals surface area contributed by atoms with Crippen molar-refractivity contribution in [1.82, 2.24) is 10.6 Å². The molecule has 0 aromatic rings. The first-order chi connectivity index (χ1) is 12.4. The molecule has 9 heteroatoms. The van der Waals surface area contributed by atoms with Crippen LogP contribution in [0.2, 0.25) is 0 Å². The summed E-state index contributed by atoms with van der Waals surface area (Å²) < 4.78 is 14.5. The van der Waals surface area contributed by atoms with Gasteiger partial charge in [0.15, 0.2) is 6.61 Å². The largest absolute Gasteiger partial charge is 0.466 e. The van der Waals surface area contributed by atoms with Crippen LogP contribution >= 0.6 is 0 Å². The topological polar surface area (TPSA) is 120 Å². The number of hydrogen-bond acceptors (Lipinski definition) is 8. The van der Waals surface area contributed by atoms with Gasteiger partial charge in [-0.3, -0.25) is 9.59 Å². The zero-order valence-corrected chi connectivity index (χ0v) is 16.6. The summed E-state index contributed by atoms with van der Waals surface area (Å²) >= 11 is 0. The second kappa shape index (κ2) is 8.70. The molecule has 1 heterocycles. The molecule has 9 nitrogen and oxygen atoms in total. The number of carbonyl (C=O) groups excluding carboxylic acids is 4. The van der Waals surface area contributed by atoms with E-state index in [9.17, 15) is 19.2 Å². The average molecular weight is 382 g/mol. The Morgan fingerprint density at radius 1 is 0.963 bits per heavy atom. The van der Waals surface area contributed by atoms with Crippen LogP contribution < -0.4 is 10.6 Å². The summed E-state index contributed by atoms with van der Waals surface area (Å²) in [6.07, 6.45) is 0. The van der Waals surface area contributed by atoms with E-state index in [1.807, 2.05) is 0 Å². The summed E-state index contributed by atoms with van der Waals surface area (Å²) in [6, 6.07) is 0. The van der Waals surface area contributed by atoms with Crippen molar-refractivity contribution < 1.29 is 33.4 Å². The van der Waals surface area contributed by atoms with Gasteiger partial charge in [0.1, 0.15) is 5.92 Å². The van der Waals surface area contributed by atoms with E-state index in [2.05, 4.69) is 10.6 Å². The number of allylic oxidation sites excluding steroid dienone is 2. The third-order valence-electron chi connectivity index (χ3n) is 3.67. The van der Waals surface area contributed by atoms with Crippen molar-refractivity contribution in [3.63, 3.8) is 0 Å². The van der Waals surface area contributed by atoms with Gasteiger partial charge in [-0.25, -0.2) is 9.59 Å². The lowest BCUT2D eigenvalue weighted by Gasteiger charge is -2.28. The number of esters is 3. The van der Waals surface area contributed by atoms with E-state index < -0.39 is 41.9 Å². The van der Waals surface area contributed by atoms with Crippen LogP contribution in [0.15, 0.2) is 22.5 Å². The third kappa shape index (κ3) is 5.57. The molecule has 0 aromatic heterocycles. The van der Waals surface area contributed by atoms with E-state index in [1.165, 1.54) is 0 Å². The second-order valence-electron chi connectivity index (χ2n) is 7.02. The molecule has 0 aromatic carbocycles. The highest BCUT2D eigenvalue weighted by atomic mass is 16.5. The average Bonchev–Trinajstić information content (AvgIpc) is 2.56. The highest BCUT2D eigenvalue weighted by molar-refractivity contribution is 6.05. The minimum atomic E-state index is -1.37. The minimum Gasteiger partial charge on any atom is -0.466 e. The summed E-state index contributed by atoms with van der Waals surface area (Å²) in [5.41, 5.74) is 0.0233. The van der Waals surface area contributed by atoms with Gasteiger partial charge < -0.3 is 24.8 Å². The van der Waals surface area contributed by atoms with Crippen molar-refractivity contribution in [2.75, 3.05) is 20.8 Å². The Bertz CT molecular complexity index is 676. The molecule has 0 spiro atoms. The molecule has 150 valence electrons.